The van der Waals surface area contributed by atoms with Crippen LogP contribution >= 0.6 is 0 Å². The predicted molar refractivity (Wildman–Crippen MR) is 170 cm³/mol. The number of H-pyrrole nitrogens is 1. The summed E-state index contributed by atoms with van der Waals surface area (Å²) in [6.07, 6.45) is 6.52. The fourth-order valence-electron chi connectivity index (χ4n) is 5.06. The second kappa shape index (κ2) is 15.8. The highest BCUT2D eigenvalue weighted by molar-refractivity contribution is 5.83. The maximum atomic E-state index is 8.91. The van der Waals surface area contributed by atoms with Crippen molar-refractivity contribution in [2.75, 3.05) is 63.2 Å². The largest absolute Gasteiger partial charge is 0.394 e. The van der Waals surface area contributed by atoms with Crippen molar-refractivity contribution < 1.29 is 9.84 Å². The molecule has 4 N–H and O–H groups in total. The minimum Gasteiger partial charge on any atom is -0.394 e. The van der Waals surface area contributed by atoms with Crippen LogP contribution in [0.5, 0.6) is 0 Å². The molecule has 4 aromatic rings. The number of benzene rings is 2. The average Bonchev–Trinajstić information content (AvgIpc) is 3.44. The number of fused-ring (bicyclic) bond motifs is 1. The first-order valence-electron chi connectivity index (χ1n) is 14.6. The number of aliphatic hydroxyl groups is 1. The molecule has 0 saturated carbocycles. The van der Waals surface area contributed by atoms with Crippen LogP contribution in [0.15, 0.2) is 91.5 Å². The van der Waals surface area contributed by atoms with E-state index in [2.05, 4.69) is 91.7 Å². The molecule has 0 radical (unpaired) electrons. The summed E-state index contributed by atoms with van der Waals surface area (Å²) in [6, 6.07) is 20.8. The highest BCUT2D eigenvalue weighted by Crippen LogP contribution is 2.26. The third-order valence-electron chi connectivity index (χ3n) is 7.26. The molecular formula is C33H44N6O2. The number of piperazine rings is 1. The Kier molecular flexibility index (Phi) is 11.6. The molecule has 0 bridgehead atoms. The van der Waals surface area contributed by atoms with Gasteiger partial charge in [0.1, 0.15) is 0 Å². The van der Waals surface area contributed by atoms with Crippen molar-refractivity contribution in [2.24, 2.45) is 0 Å². The van der Waals surface area contributed by atoms with Crippen LogP contribution in [-0.2, 0) is 11.2 Å². The number of nitrogens with zero attached hydrogens (tertiary/aromatic N) is 3. The Morgan fingerprint density at radius 2 is 1.63 bits per heavy atom. The molecule has 2 aromatic heterocycles. The van der Waals surface area contributed by atoms with Gasteiger partial charge in [0, 0.05) is 91.4 Å². The molecule has 2 aromatic carbocycles. The summed E-state index contributed by atoms with van der Waals surface area (Å²) in [5.41, 5.74) is 6.63. The second-order valence-electron chi connectivity index (χ2n) is 9.85. The van der Waals surface area contributed by atoms with Crippen molar-refractivity contribution in [1.82, 2.24) is 19.8 Å². The molecule has 1 aliphatic heterocycles. The van der Waals surface area contributed by atoms with Crippen LogP contribution in [0.25, 0.3) is 10.9 Å². The summed E-state index contributed by atoms with van der Waals surface area (Å²) in [5, 5.41) is 17.4. The smallest absolute Gasteiger partial charge is 0.0698 e. The van der Waals surface area contributed by atoms with E-state index in [1.165, 1.54) is 10.9 Å². The molecule has 8 nitrogen and oxygen atoms in total. The van der Waals surface area contributed by atoms with Crippen LogP contribution in [0.1, 0.15) is 19.4 Å². The normalized spacial score (nSPS) is 14.3. The van der Waals surface area contributed by atoms with E-state index >= 15 is 0 Å². The monoisotopic (exact) mass is 556 g/mol. The van der Waals surface area contributed by atoms with E-state index in [1.807, 2.05) is 26.0 Å². The van der Waals surface area contributed by atoms with Crippen molar-refractivity contribution in [3.63, 3.8) is 0 Å². The van der Waals surface area contributed by atoms with E-state index in [0.29, 0.717) is 13.2 Å². The minimum absolute atomic E-state index is 0.0441. The number of anilines is 3. The van der Waals surface area contributed by atoms with Gasteiger partial charge in [-0.15, -0.1) is 0 Å². The fourth-order valence-corrected chi connectivity index (χ4v) is 5.06. The molecule has 1 saturated heterocycles. The summed E-state index contributed by atoms with van der Waals surface area (Å²) >= 11 is 0. The number of aromatic nitrogens is 2. The van der Waals surface area contributed by atoms with E-state index in [0.717, 1.165) is 67.4 Å². The van der Waals surface area contributed by atoms with Crippen molar-refractivity contribution in [3.8, 4) is 0 Å². The lowest BCUT2D eigenvalue weighted by atomic mass is 10.0. The Bertz CT molecular complexity index is 1320. The highest BCUT2D eigenvalue weighted by Gasteiger charge is 2.24. The lowest BCUT2D eigenvalue weighted by Crippen LogP contribution is -2.49. The number of nitrogens with one attached hydrogen (secondary N) is 3. The minimum atomic E-state index is 0.0441. The quantitative estimate of drug-likeness (QED) is 0.162. The van der Waals surface area contributed by atoms with Gasteiger partial charge in [-0.25, -0.2) is 0 Å². The highest BCUT2D eigenvalue weighted by atomic mass is 16.5. The third-order valence-corrected chi connectivity index (χ3v) is 7.26. The van der Waals surface area contributed by atoms with Crippen LogP contribution in [0.3, 0.4) is 0 Å². The lowest BCUT2D eigenvalue weighted by Gasteiger charge is -2.39. The fraction of sp³-hybridized carbons (Fsp3) is 0.364. The maximum absolute atomic E-state index is 8.91. The van der Waals surface area contributed by atoms with Gasteiger partial charge in [0.2, 0.25) is 0 Å². The van der Waals surface area contributed by atoms with E-state index in [9.17, 15) is 0 Å². The van der Waals surface area contributed by atoms with Gasteiger partial charge in [0.05, 0.1) is 25.9 Å². The topological polar surface area (TPSA) is 88.7 Å². The molecule has 0 amide bonds. The Morgan fingerprint density at radius 3 is 2.37 bits per heavy atom. The van der Waals surface area contributed by atoms with Gasteiger partial charge in [-0.2, -0.15) is 0 Å². The standard InChI is InChI=1S/C31H38N6O2.C2H6/c1-24(37-16-14-36(15-17-37)18-20-39-21-19-38)31(22-25-23-33-30-5-3-2-4-29(25)30)35-27-8-6-26(7-9-27)34-28-10-12-32-13-11-28;1-2/h2-13,23,31,33,35,38H,1,14-22H2,(H,32,34);1-2H3. The molecule has 1 unspecified atom stereocenters. The molecule has 41 heavy (non-hydrogen) atoms. The van der Waals surface area contributed by atoms with Gasteiger partial charge >= 0.3 is 0 Å². The Hall–Kier alpha value is -3.85. The zero-order valence-corrected chi connectivity index (χ0v) is 24.4. The number of pyridine rings is 1. The van der Waals surface area contributed by atoms with Gasteiger partial charge in [0.25, 0.3) is 0 Å². The van der Waals surface area contributed by atoms with Crippen LogP contribution in [0, 0.1) is 0 Å². The summed E-state index contributed by atoms with van der Waals surface area (Å²) in [4.78, 5) is 12.3. The van der Waals surface area contributed by atoms with Gasteiger partial charge in [-0.1, -0.05) is 38.6 Å². The Balaban J connectivity index is 0.00000189. The Labute approximate surface area is 244 Å². The third kappa shape index (κ3) is 8.57. The first-order chi connectivity index (χ1) is 20.2. The first kappa shape index (κ1) is 30.1. The maximum Gasteiger partial charge on any atom is 0.0698 e. The number of rotatable bonds is 13. The van der Waals surface area contributed by atoms with Crippen LogP contribution < -0.4 is 10.6 Å². The number of aliphatic hydroxyl groups excluding tert-OH is 1. The second-order valence-corrected chi connectivity index (χ2v) is 9.85. The first-order valence-corrected chi connectivity index (χ1v) is 14.6. The molecule has 8 heteroatoms. The van der Waals surface area contributed by atoms with Crippen molar-refractivity contribution in [2.45, 2.75) is 26.3 Å². The Morgan fingerprint density at radius 1 is 0.951 bits per heavy atom. The van der Waals surface area contributed by atoms with E-state index in [1.54, 1.807) is 12.4 Å². The summed E-state index contributed by atoms with van der Waals surface area (Å²) < 4.78 is 5.46. The molecule has 1 fully saturated rings. The molecular weight excluding hydrogens is 512 g/mol. The SMILES string of the molecule is C=C(C(Cc1c[nH]c2ccccc12)Nc1ccc(Nc2ccncc2)cc1)N1CCN(CCOCCO)CC1.CC. The number of hydrogen-bond acceptors (Lipinski definition) is 7. The zero-order chi connectivity index (χ0) is 28.9. The number of hydrogen-bond donors (Lipinski definition) is 4. The van der Waals surface area contributed by atoms with Gasteiger partial charge in [-0.05, 0) is 48.0 Å². The molecule has 3 heterocycles. The predicted octanol–water partition coefficient (Wildman–Crippen LogP) is 5.50. The average molecular weight is 557 g/mol. The lowest BCUT2D eigenvalue weighted by molar-refractivity contribution is 0.0616. The van der Waals surface area contributed by atoms with Crippen LogP contribution in [0.2, 0.25) is 0 Å². The van der Waals surface area contributed by atoms with E-state index < -0.39 is 0 Å². The number of ether oxygens (including phenoxy) is 1. The summed E-state index contributed by atoms with van der Waals surface area (Å²) in [6.45, 7) is 14.4. The van der Waals surface area contributed by atoms with E-state index in [4.69, 9.17) is 9.84 Å². The molecule has 0 aliphatic carbocycles. The molecule has 1 atom stereocenters. The zero-order valence-electron chi connectivity index (χ0n) is 24.4. The van der Waals surface area contributed by atoms with Gasteiger partial charge in [0.15, 0.2) is 0 Å². The van der Waals surface area contributed by atoms with Gasteiger partial charge < -0.3 is 30.4 Å². The number of para-hydroxylation sites is 1. The van der Waals surface area contributed by atoms with Crippen molar-refractivity contribution in [1.29, 1.82) is 0 Å². The van der Waals surface area contributed by atoms with Crippen molar-refractivity contribution >= 4 is 28.0 Å². The van der Waals surface area contributed by atoms with E-state index in [-0.39, 0.29) is 12.6 Å². The molecule has 218 valence electrons. The van der Waals surface area contributed by atoms with Crippen LogP contribution in [0.4, 0.5) is 17.1 Å². The van der Waals surface area contributed by atoms with Crippen LogP contribution in [-0.4, -0.2) is 83.5 Å². The molecule has 1 aliphatic rings. The van der Waals surface area contributed by atoms with Crippen molar-refractivity contribution in [3.05, 3.63) is 97.1 Å². The number of aromatic amines is 1. The molecule has 5 rings (SSSR count). The van der Waals surface area contributed by atoms with Gasteiger partial charge in [-0.3, -0.25) is 9.88 Å². The molecule has 0 spiro atoms. The summed E-state index contributed by atoms with van der Waals surface area (Å²) in [5.74, 6) is 0. The summed E-state index contributed by atoms with van der Waals surface area (Å²) in [7, 11) is 0.